The van der Waals surface area contributed by atoms with E-state index >= 15 is 0 Å². The van der Waals surface area contributed by atoms with Gasteiger partial charge in [0.25, 0.3) is 10.0 Å². The molecule has 1 aliphatic heterocycles. The van der Waals surface area contributed by atoms with Crippen LogP contribution in [0.5, 0.6) is 11.5 Å². The summed E-state index contributed by atoms with van der Waals surface area (Å²) in [7, 11) is -2.60. The maximum Gasteiger partial charge on any atom is 0.271 e. The molecule has 0 saturated carbocycles. The second-order valence-corrected chi connectivity index (χ2v) is 11.6. The monoisotopic (exact) mass is 530 g/mol. The molecule has 0 unspecified atom stereocenters. The lowest BCUT2D eigenvalue weighted by molar-refractivity contribution is 0.111. The van der Waals surface area contributed by atoms with Crippen molar-refractivity contribution in [1.29, 1.82) is 0 Å². The molecule has 1 saturated heterocycles. The Balaban J connectivity index is 1.59. The predicted octanol–water partition coefficient (Wildman–Crippen LogP) is 5.80. The van der Waals surface area contributed by atoms with Gasteiger partial charge in [0.1, 0.15) is 15.6 Å². The first kappa shape index (κ1) is 24.1. The molecule has 2 heterocycles. The highest BCUT2D eigenvalue weighted by atomic mass is 35.5. The van der Waals surface area contributed by atoms with Crippen LogP contribution in [0.15, 0.2) is 46.7 Å². The fourth-order valence-corrected chi connectivity index (χ4v) is 6.51. The van der Waals surface area contributed by atoms with Crippen LogP contribution in [0.4, 0.5) is 10.1 Å². The van der Waals surface area contributed by atoms with Crippen LogP contribution in [0.3, 0.4) is 0 Å². The van der Waals surface area contributed by atoms with Gasteiger partial charge in [-0.3, -0.25) is 4.72 Å². The van der Waals surface area contributed by atoms with E-state index in [0.717, 1.165) is 24.3 Å². The van der Waals surface area contributed by atoms with Crippen molar-refractivity contribution >= 4 is 50.2 Å². The minimum Gasteiger partial charge on any atom is -0.494 e. The van der Waals surface area contributed by atoms with E-state index in [1.165, 1.54) is 25.3 Å². The van der Waals surface area contributed by atoms with Gasteiger partial charge >= 0.3 is 0 Å². The van der Waals surface area contributed by atoms with Gasteiger partial charge in [0.05, 0.1) is 27.7 Å². The van der Waals surface area contributed by atoms with Gasteiger partial charge < -0.3 is 14.8 Å². The molecule has 33 heavy (non-hydrogen) atoms. The second-order valence-electron chi connectivity index (χ2n) is 7.82. The molecule has 0 radical (unpaired) electrons. The van der Waals surface area contributed by atoms with Gasteiger partial charge in [0.15, 0.2) is 11.6 Å². The molecule has 11 heteroatoms. The number of hydrogen-bond acceptors (Lipinski definition) is 6. The van der Waals surface area contributed by atoms with Crippen molar-refractivity contribution in [2.75, 3.05) is 24.9 Å². The van der Waals surface area contributed by atoms with Gasteiger partial charge in [-0.2, -0.15) is 0 Å². The van der Waals surface area contributed by atoms with Crippen LogP contribution in [-0.4, -0.2) is 34.2 Å². The lowest BCUT2D eigenvalue weighted by atomic mass is 10.1. The van der Waals surface area contributed by atoms with Crippen molar-refractivity contribution in [3.63, 3.8) is 0 Å². The van der Waals surface area contributed by atoms with Gasteiger partial charge in [-0.15, -0.1) is 11.3 Å². The van der Waals surface area contributed by atoms with Crippen molar-refractivity contribution in [3.05, 3.63) is 58.3 Å². The molecule has 0 bridgehead atoms. The van der Waals surface area contributed by atoms with E-state index in [2.05, 4.69) is 10.0 Å². The number of thiophene rings is 1. The summed E-state index contributed by atoms with van der Waals surface area (Å²) in [6.07, 6.45) is 0.807. The van der Waals surface area contributed by atoms with Crippen LogP contribution in [0, 0.1) is 5.82 Å². The topological polar surface area (TPSA) is 76.7 Å². The number of methoxy groups -OCH3 is 1. The molecule has 1 aliphatic rings. The van der Waals surface area contributed by atoms with Crippen molar-refractivity contribution < 1.29 is 22.3 Å². The highest BCUT2D eigenvalue weighted by Crippen LogP contribution is 2.40. The number of benzene rings is 2. The zero-order valence-corrected chi connectivity index (χ0v) is 20.9. The number of hydrogen-bond donors (Lipinski definition) is 2. The summed E-state index contributed by atoms with van der Waals surface area (Å²) in [5, 5.41) is 3.82. The SMILES string of the molecule is COc1ccc(-c2sc(S(=O)(=O)Nc3ccc(Cl)c(O[C@]4(C)CCNC4)c3)cc2Cl)cc1F. The van der Waals surface area contributed by atoms with Gasteiger partial charge in [-0.1, -0.05) is 23.2 Å². The van der Waals surface area contributed by atoms with E-state index < -0.39 is 21.4 Å². The third kappa shape index (κ3) is 5.22. The number of sulfonamides is 1. The number of ether oxygens (including phenoxy) is 2. The molecule has 2 N–H and O–H groups in total. The molecule has 1 fully saturated rings. The van der Waals surface area contributed by atoms with Crippen LogP contribution in [0.1, 0.15) is 13.3 Å². The molecular formula is C22H21Cl2FN2O4S2. The Hall–Kier alpha value is -2.04. The maximum atomic E-state index is 14.1. The molecule has 0 spiro atoms. The van der Waals surface area contributed by atoms with Crippen molar-refractivity contribution in [2.45, 2.75) is 23.2 Å². The van der Waals surface area contributed by atoms with E-state index in [4.69, 9.17) is 32.7 Å². The van der Waals surface area contributed by atoms with Gasteiger partial charge in [-0.25, -0.2) is 12.8 Å². The van der Waals surface area contributed by atoms with Gasteiger partial charge in [0, 0.05) is 19.0 Å². The Morgan fingerprint density at radius 3 is 2.58 bits per heavy atom. The Bertz CT molecular complexity index is 1290. The van der Waals surface area contributed by atoms with E-state index in [-0.39, 0.29) is 15.0 Å². The Morgan fingerprint density at radius 2 is 1.91 bits per heavy atom. The van der Waals surface area contributed by atoms with Crippen molar-refractivity contribution in [2.24, 2.45) is 0 Å². The largest absolute Gasteiger partial charge is 0.494 e. The fourth-order valence-electron chi connectivity index (χ4n) is 3.48. The second kappa shape index (κ2) is 9.31. The fraction of sp³-hybridized carbons (Fsp3) is 0.273. The summed E-state index contributed by atoms with van der Waals surface area (Å²) >= 11 is 13.5. The molecule has 3 aromatic rings. The smallest absolute Gasteiger partial charge is 0.271 e. The predicted molar refractivity (Wildman–Crippen MR) is 130 cm³/mol. The average molecular weight is 531 g/mol. The standard InChI is InChI=1S/C22H21Cl2FN2O4S2/c1-22(7-8-26-12-22)31-19-10-14(4-5-15(19)23)27-33(28,29)20-11-16(24)21(32-20)13-3-6-18(30-2)17(25)9-13/h3-6,9-11,26-27H,7-8,12H2,1-2H3/t22-/m1/s1. The third-order valence-corrected chi connectivity index (χ3v) is 8.97. The Kier molecular flexibility index (Phi) is 6.80. The highest BCUT2D eigenvalue weighted by Gasteiger charge is 2.31. The lowest BCUT2D eigenvalue weighted by Crippen LogP contribution is -2.34. The summed E-state index contributed by atoms with van der Waals surface area (Å²) < 4.78 is 53.7. The minimum atomic E-state index is -3.96. The van der Waals surface area contributed by atoms with E-state index in [0.29, 0.717) is 33.4 Å². The number of anilines is 1. The summed E-state index contributed by atoms with van der Waals surface area (Å²) in [4.78, 5) is 0.431. The molecule has 0 amide bonds. The highest BCUT2D eigenvalue weighted by molar-refractivity contribution is 7.94. The van der Waals surface area contributed by atoms with Crippen molar-refractivity contribution in [3.8, 4) is 21.9 Å². The zero-order chi connectivity index (χ0) is 23.8. The van der Waals surface area contributed by atoms with Crippen LogP contribution in [0.25, 0.3) is 10.4 Å². The van der Waals surface area contributed by atoms with Gasteiger partial charge in [0.2, 0.25) is 0 Å². The molecule has 1 aromatic heterocycles. The minimum absolute atomic E-state index is 0.0110. The molecule has 1 atom stereocenters. The summed E-state index contributed by atoms with van der Waals surface area (Å²) in [5.74, 6) is -0.0903. The first-order chi connectivity index (χ1) is 15.6. The number of rotatable bonds is 7. The molecule has 176 valence electrons. The van der Waals surface area contributed by atoms with E-state index in [1.54, 1.807) is 24.3 Å². The number of nitrogens with one attached hydrogen (secondary N) is 2. The zero-order valence-electron chi connectivity index (χ0n) is 17.7. The van der Waals surface area contributed by atoms with Gasteiger partial charge in [-0.05, 0) is 55.4 Å². The summed E-state index contributed by atoms with van der Waals surface area (Å²) in [5.41, 5.74) is 0.321. The third-order valence-electron chi connectivity index (χ3n) is 5.21. The molecule has 0 aliphatic carbocycles. The van der Waals surface area contributed by atoms with E-state index in [1.807, 2.05) is 6.92 Å². The summed E-state index contributed by atoms with van der Waals surface area (Å²) in [6, 6.07) is 10.3. The Labute approximate surface area is 205 Å². The first-order valence-corrected chi connectivity index (χ1v) is 13.0. The quantitative estimate of drug-likeness (QED) is 0.403. The number of halogens is 3. The first-order valence-electron chi connectivity index (χ1n) is 9.96. The average Bonchev–Trinajstić information content (AvgIpc) is 3.36. The van der Waals surface area contributed by atoms with Crippen molar-refractivity contribution in [1.82, 2.24) is 5.32 Å². The normalized spacial score (nSPS) is 18.3. The lowest BCUT2D eigenvalue weighted by Gasteiger charge is -2.25. The van der Waals surface area contributed by atoms with E-state index in [9.17, 15) is 12.8 Å². The molecular weight excluding hydrogens is 510 g/mol. The summed E-state index contributed by atoms with van der Waals surface area (Å²) in [6.45, 7) is 3.47. The molecule has 2 aromatic carbocycles. The van der Waals surface area contributed by atoms with Crippen LogP contribution >= 0.6 is 34.5 Å². The Morgan fingerprint density at radius 1 is 1.12 bits per heavy atom. The van der Waals surface area contributed by atoms with Crippen LogP contribution in [-0.2, 0) is 10.0 Å². The molecule has 6 nitrogen and oxygen atoms in total. The molecule has 4 rings (SSSR count). The van der Waals surface area contributed by atoms with Crippen LogP contribution in [0.2, 0.25) is 10.0 Å². The van der Waals surface area contributed by atoms with Crippen LogP contribution < -0.4 is 19.5 Å². The maximum absolute atomic E-state index is 14.1.